The highest BCUT2D eigenvalue weighted by Crippen LogP contribution is 2.43. The lowest BCUT2D eigenvalue weighted by Crippen LogP contribution is -2.51. The summed E-state index contributed by atoms with van der Waals surface area (Å²) in [5, 5.41) is 1.21. The molecule has 5 rings (SSSR count). The first-order valence-corrected chi connectivity index (χ1v) is 14.2. The van der Waals surface area contributed by atoms with Crippen LogP contribution in [0.15, 0.2) is 60.7 Å². The molecule has 4 nitrogen and oxygen atoms in total. The highest BCUT2D eigenvalue weighted by molar-refractivity contribution is 6.36. The highest BCUT2D eigenvalue weighted by Gasteiger charge is 2.32. The third kappa shape index (κ3) is 5.92. The Labute approximate surface area is 239 Å². The molecule has 1 heterocycles. The third-order valence-corrected chi connectivity index (χ3v) is 8.46. The van der Waals surface area contributed by atoms with Crippen molar-refractivity contribution in [2.24, 2.45) is 11.7 Å². The molecule has 39 heavy (non-hydrogen) atoms. The van der Waals surface area contributed by atoms with Crippen molar-refractivity contribution in [3.63, 3.8) is 0 Å². The third-order valence-electron chi connectivity index (χ3n) is 7.91. The van der Waals surface area contributed by atoms with Crippen molar-refractivity contribution in [3.05, 3.63) is 104 Å². The van der Waals surface area contributed by atoms with Crippen LogP contribution < -0.4 is 5.73 Å². The van der Waals surface area contributed by atoms with E-state index >= 15 is 0 Å². The average molecular weight is 568 g/mol. The van der Waals surface area contributed by atoms with Crippen LogP contribution in [0.4, 0.5) is 4.39 Å². The van der Waals surface area contributed by atoms with Gasteiger partial charge in [0.15, 0.2) is 0 Å². The summed E-state index contributed by atoms with van der Waals surface area (Å²) in [7, 11) is 1.40. The van der Waals surface area contributed by atoms with Crippen molar-refractivity contribution < 1.29 is 13.9 Å². The van der Waals surface area contributed by atoms with Crippen molar-refractivity contribution in [3.8, 4) is 0 Å². The summed E-state index contributed by atoms with van der Waals surface area (Å²) < 4.78 is 17.5. The number of halogens is 3. The molecular weight excluding hydrogens is 534 g/mol. The maximum atomic E-state index is 12.5. The van der Waals surface area contributed by atoms with E-state index < -0.39 is 0 Å². The van der Waals surface area contributed by atoms with Gasteiger partial charge in [0, 0.05) is 41.6 Å². The SMILES string of the molecule is COC(=O)c1ccc2c(c1)CCCC(c1ccc(Cl)cc1Cl)=C2c1ccc(C(N)C2CN(CCCF)C2)cc1. The Hall–Kier alpha value is -2.70. The molecule has 1 aliphatic carbocycles. The number of carbonyl (C=O) groups excluding carboxylic acids is 1. The number of hydrogen-bond acceptors (Lipinski definition) is 4. The van der Waals surface area contributed by atoms with Gasteiger partial charge in [0.05, 0.1) is 19.3 Å². The van der Waals surface area contributed by atoms with Gasteiger partial charge in [0.1, 0.15) is 0 Å². The van der Waals surface area contributed by atoms with Crippen LogP contribution >= 0.6 is 23.2 Å². The summed E-state index contributed by atoms with van der Waals surface area (Å²) in [6, 6.07) is 19.9. The molecule has 1 unspecified atom stereocenters. The minimum atomic E-state index is -0.342. The summed E-state index contributed by atoms with van der Waals surface area (Å²) in [5.74, 6) is 0.0274. The smallest absolute Gasteiger partial charge is 0.337 e. The number of likely N-dealkylation sites (tertiary alicyclic amines) is 1. The molecule has 204 valence electrons. The molecule has 3 aromatic rings. The molecule has 0 saturated carbocycles. The molecule has 1 fully saturated rings. The summed E-state index contributed by atoms with van der Waals surface area (Å²) >= 11 is 13.0. The minimum Gasteiger partial charge on any atom is -0.465 e. The van der Waals surface area contributed by atoms with E-state index in [2.05, 4.69) is 29.2 Å². The zero-order chi connectivity index (χ0) is 27.5. The van der Waals surface area contributed by atoms with Crippen molar-refractivity contribution >= 4 is 40.3 Å². The van der Waals surface area contributed by atoms with E-state index in [1.54, 1.807) is 6.07 Å². The predicted octanol–water partition coefficient (Wildman–Crippen LogP) is 7.37. The first kappa shape index (κ1) is 27.9. The number of nitrogens with two attached hydrogens (primary N) is 1. The van der Waals surface area contributed by atoms with Crippen LogP contribution in [0.5, 0.6) is 0 Å². The molecule has 3 aromatic carbocycles. The number of carbonyl (C=O) groups is 1. The number of benzene rings is 3. The Morgan fingerprint density at radius 1 is 1.05 bits per heavy atom. The standard InChI is InChI=1S/C32H33Cl2FN2O2/c1-39-32(38)23-10-12-26-22(16-23)4-2-5-28(27-13-11-25(33)17-29(27)34)30(26)20-6-8-21(9-7-20)31(36)24-18-37(19-24)15-3-14-35/h6-13,16-17,24,31H,2-5,14-15,18-19,36H2,1H3. The molecule has 1 aliphatic heterocycles. The second-order valence-electron chi connectivity index (χ2n) is 10.4. The molecular formula is C32H33Cl2FN2O2. The molecule has 0 radical (unpaired) electrons. The van der Waals surface area contributed by atoms with Crippen LogP contribution in [-0.4, -0.2) is 44.3 Å². The molecule has 7 heteroatoms. The Bertz CT molecular complexity index is 1380. The highest BCUT2D eigenvalue weighted by atomic mass is 35.5. The number of fused-ring (bicyclic) bond motifs is 1. The number of rotatable bonds is 8. The lowest BCUT2D eigenvalue weighted by atomic mass is 9.84. The Morgan fingerprint density at radius 2 is 1.79 bits per heavy atom. The molecule has 2 aliphatic rings. The van der Waals surface area contributed by atoms with Gasteiger partial charge in [-0.1, -0.05) is 59.6 Å². The van der Waals surface area contributed by atoms with Gasteiger partial charge in [-0.05, 0) is 88.9 Å². The fraction of sp³-hybridized carbons (Fsp3) is 0.344. The number of methoxy groups -OCH3 is 1. The average Bonchev–Trinajstić information content (AvgIpc) is 3.11. The molecule has 2 N–H and O–H groups in total. The van der Waals surface area contributed by atoms with Crippen molar-refractivity contribution in [1.82, 2.24) is 4.90 Å². The minimum absolute atomic E-state index is 0.0659. The molecule has 0 spiro atoms. The first-order valence-electron chi connectivity index (χ1n) is 13.4. The maximum absolute atomic E-state index is 12.5. The van der Waals surface area contributed by atoms with Gasteiger partial charge in [-0.25, -0.2) is 4.79 Å². The van der Waals surface area contributed by atoms with E-state index in [1.165, 1.54) is 7.11 Å². The lowest BCUT2D eigenvalue weighted by molar-refractivity contribution is 0.0600. The first-order chi connectivity index (χ1) is 18.9. The Balaban J connectivity index is 1.53. The van der Waals surface area contributed by atoms with Gasteiger partial charge in [-0.3, -0.25) is 4.39 Å². The van der Waals surface area contributed by atoms with Gasteiger partial charge in [0.25, 0.3) is 0 Å². The number of ether oxygens (including phenoxy) is 1. The van der Waals surface area contributed by atoms with Crippen LogP contribution in [0.1, 0.15) is 63.5 Å². The second-order valence-corrected chi connectivity index (χ2v) is 11.2. The zero-order valence-electron chi connectivity index (χ0n) is 22.1. The molecule has 1 saturated heterocycles. The van der Waals surface area contributed by atoms with E-state index in [4.69, 9.17) is 33.7 Å². The Morgan fingerprint density at radius 3 is 2.49 bits per heavy atom. The lowest BCUT2D eigenvalue weighted by Gasteiger charge is -2.42. The van der Waals surface area contributed by atoms with Crippen LogP contribution in [0.25, 0.3) is 11.1 Å². The summed E-state index contributed by atoms with van der Waals surface area (Å²) in [6.45, 7) is 2.33. The zero-order valence-corrected chi connectivity index (χ0v) is 23.6. The van der Waals surface area contributed by atoms with Crippen molar-refractivity contribution in [1.29, 1.82) is 0 Å². The fourth-order valence-corrected chi connectivity index (χ4v) is 6.34. The van der Waals surface area contributed by atoms with Crippen LogP contribution in [0.2, 0.25) is 10.0 Å². The largest absolute Gasteiger partial charge is 0.465 e. The van der Waals surface area contributed by atoms with Gasteiger partial charge < -0.3 is 15.4 Å². The van der Waals surface area contributed by atoms with E-state index in [-0.39, 0.29) is 18.7 Å². The Kier molecular flexibility index (Phi) is 8.73. The number of hydrogen-bond donors (Lipinski definition) is 1. The number of allylic oxidation sites excluding steroid dienone is 1. The van der Waals surface area contributed by atoms with E-state index in [9.17, 15) is 9.18 Å². The maximum Gasteiger partial charge on any atom is 0.337 e. The summed E-state index contributed by atoms with van der Waals surface area (Å²) in [6.07, 6.45) is 3.16. The van der Waals surface area contributed by atoms with Gasteiger partial charge in [0.2, 0.25) is 0 Å². The predicted molar refractivity (Wildman–Crippen MR) is 157 cm³/mol. The monoisotopic (exact) mass is 566 g/mol. The van der Waals surface area contributed by atoms with Crippen molar-refractivity contribution in [2.75, 3.05) is 33.4 Å². The second kappa shape index (κ2) is 12.2. The molecule has 0 amide bonds. The summed E-state index contributed by atoms with van der Waals surface area (Å²) in [5.41, 5.74) is 14.8. The van der Waals surface area contributed by atoms with Crippen molar-refractivity contribution in [2.45, 2.75) is 31.7 Å². The summed E-state index contributed by atoms with van der Waals surface area (Å²) in [4.78, 5) is 14.5. The normalized spacial score (nSPS) is 16.8. The van der Waals surface area contributed by atoms with E-state index in [0.717, 1.165) is 77.9 Å². The number of alkyl halides is 1. The van der Waals surface area contributed by atoms with Gasteiger partial charge >= 0.3 is 5.97 Å². The fourth-order valence-electron chi connectivity index (χ4n) is 5.81. The number of esters is 1. The molecule has 0 bridgehead atoms. The quantitative estimate of drug-likeness (QED) is 0.289. The van der Waals surface area contributed by atoms with Crippen LogP contribution in [0.3, 0.4) is 0 Å². The van der Waals surface area contributed by atoms with E-state index in [0.29, 0.717) is 27.9 Å². The van der Waals surface area contributed by atoms with E-state index in [1.807, 2.05) is 30.3 Å². The topological polar surface area (TPSA) is 55.6 Å². The number of nitrogens with zero attached hydrogens (tertiary/aromatic N) is 1. The van der Waals surface area contributed by atoms with Crippen LogP contribution in [-0.2, 0) is 11.2 Å². The van der Waals surface area contributed by atoms with Gasteiger partial charge in [-0.15, -0.1) is 0 Å². The molecule has 0 aromatic heterocycles. The molecule has 1 atom stereocenters. The number of aryl methyl sites for hydroxylation is 1. The van der Waals surface area contributed by atoms with Crippen LogP contribution in [0, 0.1) is 5.92 Å². The van der Waals surface area contributed by atoms with Gasteiger partial charge in [-0.2, -0.15) is 0 Å².